The van der Waals surface area contributed by atoms with Gasteiger partial charge in [0.1, 0.15) is 0 Å². The van der Waals surface area contributed by atoms with Gasteiger partial charge in [0.25, 0.3) is 0 Å². The summed E-state index contributed by atoms with van der Waals surface area (Å²) < 4.78 is 0. The van der Waals surface area contributed by atoms with Crippen molar-refractivity contribution < 1.29 is 9.59 Å². The summed E-state index contributed by atoms with van der Waals surface area (Å²) in [5, 5.41) is 0. The summed E-state index contributed by atoms with van der Waals surface area (Å²) in [6, 6.07) is 4.60. The molecule has 1 unspecified atom stereocenters. The Morgan fingerprint density at radius 3 is 2.27 bits per heavy atom. The van der Waals surface area contributed by atoms with E-state index in [1.54, 1.807) is 0 Å². The number of hydrogen-bond acceptors (Lipinski definition) is 2. The smallest absolute Gasteiger partial charge is 0.202 e. The van der Waals surface area contributed by atoms with Gasteiger partial charge in [0.2, 0.25) is 5.78 Å². The molecule has 22 heavy (non-hydrogen) atoms. The molecular weight excluding hydrogens is 272 g/mol. The molecule has 0 aromatic heterocycles. The summed E-state index contributed by atoms with van der Waals surface area (Å²) in [4.78, 5) is 23.0. The molecule has 2 heteroatoms. The van der Waals surface area contributed by atoms with Crippen molar-refractivity contribution in [2.45, 2.75) is 76.5 Å². The van der Waals surface area contributed by atoms with Crippen molar-refractivity contribution in [1.82, 2.24) is 0 Å². The molecule has 2 aliphatic carbocycles. The van der Waals surface area contributed by atoms with Gasteiger partial charge in [-0.15, -0.1) is 0 Å². The van der Waals surface area contributed by atoms with Crippen molar-refractivity contribution in [3.8, 4) is 0 Å². The number of aldehydes is 1. The number of benzene rings is 1. The van der Waals surface area contributed by atoms with Crippen LogP contribution in [0.2, 0.25) is 0 Å². The van der Waals surface area contributed by atoms with Gasteiger partial charge in [-0.1, -0.05) is 39.8 Å². The van der Waals surface area contributed by atoms with Crippen molar-refractivity contribution in [3.63, 3.8) is 0 Å². The van der Waals surface area contributed by atoms with E-state index < -0.39 is 0 Å². The zero-order valence-electron chi connectivity index (χ0n) is 14.2. The Kier molecular flexibility index (Phi) is 3.54. The molecule has 1 atom stereocenters. The van der Waals surface area contributed by atoms with Crippen LogP contribution in [0.5, 0.6) is 0 Å². The summed E-state index contributed by atoms with van der Waals surface area (Å²) in [6.07, 6.45) is 5.71. The number of carbonyl (C=O) groups excluding carboxylic acids is 2. The first-order valence-electron chi connectivity index (χ1n) is 8.43. The normalized spacial score (nSPS) is 25.0. The molecule has 0 amide bonds. The first-order valence-corrected chi connectivity index (χ1v) is 8.43. The van der Waals surface area contributed by atoms with Crippen molar-refractivity contribution in [2.75, 3.05) is 0 Å². The van der Waals surface area contributed by atoms with E-state index in [9.17, 15) is 9.59 Å². The Labute approximate surface area is 133 Å². The second-order valence-corrected chi connectivity index (χ2v) is 8.33. The van der Waals surface area contributed by atoms with Crippen LogP contribution in [-0.4, -0.2) is 12.1 Å². The van der Waals surface area contributed by atoms with Crippen molar-refractivity contribution >= 4 is 12.1 Å². The van der Waals surface area contributed by atoms with Gasteiger partial charge in [0.15, 0.2) is 6.29 Å². The monoisotopic (exact) mass is 298 g/mol. The van der Waals surface area contributed by atoms with Gasteiger partial charge in [-0.2, -0.15) is 0 Å². The fourth-order valence-corrected chi connectivity index (χ4v) is 4.25. The fourth-order valence-electron chi connectivity index (χ4n) is 4.25. The standard InChI is InChI=1S/C20H26O2/c1-19(2)8-9-20(3,4)17-11-15-13(10-16(17)19)6-5-7-14(15)18(22)12-21/h10-12,14H,5-9H2,1-4H3. The lowest BCUT2D eigenvalue weighted by Crippen LogP contribution is -2.35. The highest BCUT2D eigenvalue weighted by atomic mass is 16.2. The van der Waals surface area contributed by atoms with Crippen LogP contribution in [0.15, 0.2) is 12.1 Å². The number of Topliss-reactive ketones (excluding diaryl/α,β-unsaturated/α-hetero) is 1. The van der Waals surface area contributed by atoms with Crippen molar-refractivity contribution in [2.24, 2.45) is 0 Å². The fraction of sp³-hybridized carbons (Fsp3) is 0.600. The maximum atomic E-state index is 12.0. The molecule has 0 saturated heterocycles. The molecule has 3 rings (SSSR count). The summed E-state index contributed by atoms with van der Waals surface area (Å²) in [5.74, 6) is -0.471. The number of fused-ring (bicyclic) bond motifs is 2. The van der Waals surface area contributed by atoms with E-state index in [1.165, 1.54) is 23.1 Å². The number of hydrogen-bond donors (Lipinski definition) is 0. The Morgan fingerprint density at radius 2 is 1.68 bits per heavy atom. The Balaban J connectivity index is 2.20. The SMILES string of the molecule is CC1(C)CCC(C)(C)c2cc3c(cc21)CCCC3C(=O)C=O. The second kappa shape index (κ2) is 5.04. The molecule has 118 valence electrons. The van der Waals surface area contributed by atoms with Crippen LogP contribution in [0.1, 0.15) is 81.5 Å². The number of carbonyl (C=O) groups is 2. The molecule has 0 aliphatic heterocycles. The minimum absolute atomic E-state index is 0.145. The molecule has 0 saturated carbocycles. The minimum atomic E-state index is -0.256. The quantitative estimate of drug-likeness (QED) is 0.605. The maximum absolute atomic E-state index is 12.0. The first-order chi connectivity index (χ1) is 10.3. The van der Waals surface area contributed by atoms with Crippen LogP contribution in [0.25, 0.3) is 0 Å². The highest BCUT2D eigenvalue weighted by molar-refractivity contribution is 6.27. The number of aryl methyl sites for hydroxylation is 1. The lowest BCUT2D eigenvalue weighted by Gasteiger charge is -2.43. The lowest BCUT2D eigenvalue weighted by atomic mass is 9.61. The van der Waals surface area contributed by atoms with Crippen LogP contribution in [-0.2, 0) is 26.8 Å². The van der Waals surface area contributed by atoms with Crippen LogP contribution in [0, 0.1) is 0 Å². The molecule has 0 bridgehead atoms. The van der Waals surface area contributed by atoms with Crippen molar-refractivity contribution in [3.05, 3.63) is 34.4 Å². The van der Waals surface area contributed by atoms with Crippen LogP contribution >= 0.6 is 0 Å². The predicted molar refractivity (Wildman–Crippen MR) is 88.5 cm³/mol. The summed E-state index contributed by atoms with van der Waals surface area (Å²) in [6.45, 7) is 9.24. The van der Waals surface area contributed by atoms with Gasteiger partial charge >= 0.3 is 0 Å². The summed E-state index contributed by atoms with van der Waals surface area (Å²) in [5.41, 5.74) is 5.58. The van der Waals surface area contributed by atoms with E-state index in [4.69, 9.17) is 0 Å². The molecule has 2 nitrogen and oxygen atoms in total. The van der Waals surface area contributed by atoms with E-state index in [0.717, 1.165) is 31.2 Å². The molecule has 0 heterocycles. The average Bonchev–Trinajstić information content (AvgIpc) is 2.49. The first kappa shape index (κ1) is 15.5. The highest BCUT2D eigenvalue weighted by Crippen LogP contribution is 2.48. The van der Waals surface area contributed by atoms with E-state index >= 15 is 0 Å². The van der Waals surface area contributed by atoms with E-state index in [1.807, 2.05) is 0 Å². The Morgan fingerprint density at radius 1 is 1.09 bits per heavy atom. The van der Waals surface area contributed by atoms with E-state index in [0.29, 0.717) is 6.29 Å². The molecule has 0 spiro atoms. The second-order valence-electron chi connectivity index (χ2n) is 8.33. The third kappa shape index (κ3) is 2.33. The molecule has 2 aliphatic rings. The third-order valence-electron chi connectivity index (χ3n) is 5.89. The third-order valence-corrected chi connectivity index (χ3v) is 5.89. The average molecular weight is 298 g/mol. The Hall–Kier alpha value is -1.44. The van der Waals surface area contributed by atoms with Crippen LogP contribution in [0.4, 0.5) is 0 Å². The van der Waals surface area contributed by atoms with Gasteiger partial charge in [-0.05, 0) is 65.2 Å². The molecule has 1 aromatic rings. The van der Waals surface area contributed by atoms with Gasteiger partial charge in [0.05, 0.1) is 5.92 Å². The largest absolute Gasteiger partial charge is 0.295 e. The zero-order chi connectivity index (χ0) is 16.1. The van der Waals surface area contributed by atoms with Gasteiger partial charge < -0.3 is 0 Å². The zero-order valence-corrected chi connectivity index (χ0v) is 14.2. The number of ketones is 1. The molecule has 0 radical (unpaired) electrons. The van der Waals surface area contributed by atoms with E-state index in [-0.39, 0.29) is 22.5 Å². The topological polar surface area (TPSA) is 34.1 Å². The Bertz CT molecular complexity index is 637. The highest BCUT2D eigenvalue weighted by Gasteiger charge is 2.39. The van der Waals surface area contributed by atoms with E-state index in [2.05, 4.69) is 39.8 Å². The van der Waals surface area contributed by atoms with Crippen LogP contribution in [0.3, 0.4) is 0 Å². The predicted octanol–water partition coefficient (Wildman–Crippen LogP) is 4.22. The molecule has 1 aromatic carbocycles. The summed E-state index contributed by atoms with van der Waals surface area (Å²) in [7, 11) is 0. The van der Waals surface area contributed by atoms with Gasteiger partial charge in [-0.25, -0.2) is 0 Å². The lowest BCUT2D eigenvalue weighted by molar-refractivity contribution is -0.131. The van der Waals surface area contributed by atoms with Crippen LogP contribution < -0.4 is 0 Å². The van der Waals surface area contributed by atoms with Gasteiger partial charge in [-0.3, -0.25) is 9.59 Å². The summed E-state index contributed by atoms with van der Waals surface area (Å²) >= 11 is 0. The van der Waals surface area contributed by atoms with Gasteiger partial charge in [0, 0.05) is 0 Å². The number of rotatable bonds is 2. The maximum Gasteiger partial charge on any atom is 0.202 e. The molecular formula is C20H26O2. The van der Waals surface area contributed by atoms with Crippen molar-refractivity contribution in [1.29, 1.82) is 0 Å². The molecule has 0 N–H and O–H groups in total. The molecule has 0 fully saturated rings. The minimum Gasteiger partial charge on any atom is -0.295 e.